The number of aliphatic hydroxyl groups is 5. The van der Waals surface area contributed by atoms with Crippen molar-refractivity contribution in [2.24, 2.45) is 0 Å². The predicted octanol–water partition coefficient (Wildman–Crippen LogP) is 8.10. The van der Waals surface area contributed by atoms with Crippen LogP contribution in [0.2, 0.25) is 0 Å². The van der Waals surface area contributed by atoms with E-state index in [9.17, 15) is 4.79 Å². The Balaban J connectivity index is -0.000000463. The van der Waals surface area contributed by atoms with Crippen LogP contribution in [0.5, 0.6) is 0 Å². The van der Waals surface area contributed by atoms with Gasteiger partial charge >= 0.3 is 5.97 Å². The van der Waals surface area contributed by atoms with Crippen LogP contribution in [0.15, 0.2) is 198 Å². The molecule has 0 fully saturated rings. The maximum absolute atomic E-state index is 10.4. The molecule has 0 saturated heterocycles. The van der Waals surface area contributed by atoms with Gasteiger partial charge in [0.05, 0.1) is 23.0 Å². The summed E-state index contributed by atoms with van der Waals surface area (Å²) >= 11 is 0. The molecular formula is C34H33Fe3O7-3. The standard InChI is InChI=1S/C7H6O4.C6H6O2.C6H6O.3C5H5.3Fe/c8-6(9)4-2-1-3-5(4)7(10)11;7-6(8)5-3-1-2-4-5;7-5-6-3-1-2-4-6;3*1-2-4-5-3-1;;;/h1-3,8-9H,(H,10,11);1-4,7-8H;1-5,7H;3*1-5H;;;/q;;;3*-1;;;. The van der Waals surface area contributed by atoms with Crippen LogP contribution in [0, 0.1) is 0 Å². The number of rotatable bonds is 1. The second-order valence-electron chi connectivity index (χ2n) is 7.71. The van der Waals surface area contributed by atoms with Gasteiger partial charge in [-0.05, 0) is 24.3 Å². The summed E-state index contributed by atoms with van der Waals surface area (Å²) in [6.45, 7) is 0. The Morgan fingerprint density at radius 1 is 0.545 bits per heavy atom. The number of carbonyl (C=O) groups is 1. The topological polar surface area (TPSA) is 138 Å². The fraction of sp³-hybridized carbons (Fsp3) is 0. The molecule has 0 aromatic heterocycles. The van der Waals surface area contributed by atoms with Crippen molar-refractivity contribution in [2.45, 2.75) is 0 Å². The van der Waals surface area contributed by atoms with Crippen molar-refractivity contribution in [3.8, 4) is 0 Å². The van der Waals surface area contributed by atoms with Crippen molar-refractivity contribution >= 4 is 5.97 Å². The largest absolute Gasteiger partial charge is 0.515 e. The Labute approximate surface area is 289 Å². The zero-order valence-corrected chi connectivity index (χ0v) is 26.6. The van der Waals surface area contributed by atoms with Gasteiger partial charge in [0.25, 0.3) is 11.9 Å². The molecule has 3 aliphatic rings. The summed E-state index contributed by atoms with van der Waals surface area (Å²) in [6.07, 6.45) is 19.3. The molecule has 238 valence electrons. The smallest absolute Gasteiger partial charge is 0.336 e. The molecule has 0 bridgehead atoms. The Morgan fingerprint density at radius 3 is 1.14 bits per heavy atom. The third-order valence-corrected chi connectivity index (χ3v) is 4.71. The van der Waals surface area contributed by atoms with Gasteiger partial charge in [0.2, 0.25) is 0 Å². The number of aliphatic carboxylic acids is 1. The van der Waals surface area contributed by atoms with E-state index in [2.05, 4.69) is 0 Å². The van der Waals surface area contributed by atoms with E-state index in [-0.39, 0.29) is 62.4 Å². The van der Waals surface area contributed by atoms with Crippen molar-refractivity contribution in [1.29, 1.82) is 0 Å². The van der Waals surface area contributed by atoms with Gasteiger partial charge in [-0.15, -0.1) is 0 Å². The molecule has 0 aliphatic heterocycles. The minimum atomic E-state index is -1.18. The van der Waals surface area contributed by atoms with Crippen molar-refractivity contribution in [3.05, 3.63) is 198 Å². The fourth-order valence-corrected chi connectivity index (χ4v) is 2.76. The first kappa shape index (κ1) is 44.2. The van der Waals surface area contributed by atoms with Crippen molar-refractivity contribution in [3.63, 3.8) is 0 Å². The van der Waals surface area contributed by atoms with Crippen LogP contribution in [-0.2, 0) is 56.0 Å². The molecule has 3 aromatic rings. The van der Waals surface area contributed by atoms with Crippen LogP contribution < -0.4 is 0 Å². The molecule has 10 heteroatoms. The second kappa shape index (κ2) is 28.8. The molecule has 0 amide bonds. The van der Waals surface area contributed by atoms with Gasteiger partial charge in [-0.25, -0.2) is 41.2 Å². The molecule has 6 rings (SSSR count). The van der Waals surface area contributed by atoms with Crippen LogP contribution >= 0.6 is 0 Å². The molecular weight excluding hydrogens is 688 g/mol. The molecule has 7 nitrogen and oxygen atoms in total. The summed E-state index contributed by atoms with van der Waals surface area (Å²) in [4.78, 5) is 10.4. The third kappa shape index (κ3) is 21.4. The van der Waals surface area contributed by atoms with Gasteiger partial charge in [-0.3, -0.25) is 0 Å². The third-order valence-electron chi connectivity index (χ3n) is 4.71. The molecule has 0 saturated carbocycles. The van der Waals surface area contributed by atoms with Crippen molar-refractivity contribution in [2.75, 3.05) is 0 Å². The van der Waals surface area contributed by atoms with Gasteiger partial charge in [-0.1, -0.05) is 42.5 Å². The van der Waals surface area contributed by atoms with E-state index >= 15 is 0 Å². The molecule has 3 aliphatic carbocycles. The maximum Gasteiger partial charge on any atom is 0.336 e. The van der Waals surface area contributed by atoms with Gasteiger partial charge in [0.1, 0.15) is 0 Å². The minimum Gasteiger partial charge on any atom is -0.515 e. The van der Waals surface area contributed by atoms with Gasteiger partial charge in [-0.2, -0.15) is 54.6 Å². The van der Waals surface area contributed by atoms with Crippen molar-refractivity contribution < 1.29 is 86.6 Å². The van der Waals surface area contributed by atoms with Gasteiger partial charge in [0, 0.05) is 56.8 Å². The zero-order valence-electron chi connectivity index (χ0n) is 23.2. The van der Waals surface area contributed by atoms with E-state index in [1.54, 1.807) is 24.3 Å². The first-order valence-electron chi connectivity index (χ1n) is 12.3. The average molecular weight is 721 g/mol. The van der Waals surface area contributed by atoms with Gasteiger partial charge < -0.3 is 30.6 Å². The quantitative estimate of drug-likeness (QED) is 0.0849. The summed E-state index contributed by atoms with van der Waals surface area (Å²) in [6, 6.07) is 30.0. The van der Waals surface area contributed by atoms with E-state index in [0.717, 1.165) is 11.8 Å². The molecule has 0 heterocycles. The molecule has 0 spiro atoms. The summed E-state index contributed by atoms with van der Waals surface area (Å²) in [5.74, 6) is -2.76. The van der Waals surface area contributed by atoms with Crippen LogP contribution in [-0.4, -0.2) is 36.6 Å². The molecule has 0 unspecified atom stereocenters. The average Bonchev–Trinajstić information content (AvgIpc) is 3.83. The van der Waals surface area contributed by atoms with Gasteiger partial charge in [0.15, 0.2) is 0 Å². The zero-order chi connectivity index (χ0) is 30.1. The minimum absolute atomic E-state index is 0. The van der Waals surface area contributed by atoms with Crippen LogP contribution in [0.3, 0.4) is 0 Å². The maximum atomic E-state index is 10.4. The monoisotopic (exact) mass is 721 g/mol. The van der Waals surface area contributed by atoms with Crippen LogP contribution in [0.4, 0.5) is 0 Å². The number of hydrogen-bond acceptors (Lipinski definition) is 6. The Kier molecular flexibility index (Phi) is 29.0. The van der Waals surface area contributed by atoms with E-state index in [0.29, 0.717) is 5.57 Å². The van der Waals surface area contributed by atoms with E-state index in [1.165, 1.54) is 18.2 Å². The van der Waals surface area contributed by atoms with E-state index in [4.69, 9.17) is 30.6 Å². The Morgan fingerprint density at radius 2 is 0.932 bits per heavy atom. The van der Waals surface area contributed by atoms with E-state index < -0.39 is 17.9 Å². The summed E-state index contributed by atoms with van der Waals surface area (Å²) in [5.41, 5.74) is 1.16. The molecule has 3 aromatic carbocycles. The Bertz CT molecular complexity index is 1230. The van der Waals surface area contributed by atoms with Crippen LogP contribution in [0.1, 0.15) is 0 Å². The summed E-state index contributed by atoms with van der Waals surface area (Å²) < 4.78 is 0. The first-order valence-corrected chi connectivity index (χ1v) is 12.3. The van der Waals surface area contributed by atoms with E-state index in [1.807, 2.05) is 115 Å². The summed E-state index contributed by atoms with van der Waals surface area (Å²) in [5, 5.41) is 50.6. The predicted molar refractivity (Wildman–Crippen MR) is 163 cm³/mol. The molecule has 6 N–H and O–H groups in total. The number of hydrogen-bond donors (Lipinski definition) is 6. The number of aliphatic hydroxyl groups excluding tert-OH is 3. The summed E-state index contributed by atoms with van der Waals surface area (Å²) in [7, 11) is 0. The molecule has 44 heavy (non-hydrogen) atoms. The SMILES string of the molecule is O=C(O)C1=CC=CC1=C(O)O.OC(O)=C1C=CC=C1.OC=C1C=CC=C1.[Fe].[Fe].[Fe].c1cc[cH-]c1.c1cc[cH-]c1.c1cc[cH-]c1. The number of carboxylic acids is 1. The number of carboxylic acid groups (broad SMARTS) is 1. The molecule has 0 atom stereocenters. The normalized spacial score (nSPS) is 11.7. The number of allylic oxidation sites excluding steroid dienone is 13. The second-order valence-corrected chi connectivity index (χ2v) is 7.71. The first-order chi connectivity index (χ1) is 19.9. The van der Waals surface area contributed by atoms with Crippen molar-refractivity contribution in [1.82, 2.24) is 0 Å². The fourth-order valence-electron chi connectivity index (χ4n) is 2.76. The Hall–Kier alpha value is -4.26. The van der Waals surface area contributed by atoms with Crippen LogP contribution in [0.25, 0.3) is 0 Å². The molecule has 0 radical (unpaired) electrons.